The maximum absolute atomic E-state index is 13.7. The molecule has 1 amide bonds. The number of carbonyl (C=O) groups is 2. The molecule has 0 saturated carbocycles. The molecule has 3 heterocycles. The fraction of sp³-hybridized carbons (Fsp3) is 0.310. The second-order valence-electron chi connectivity index (χ2n) is 9.50. The largest absolute Gasteiger partial charge is 0.495 e. The number of methoxy groups -OCH3 is 1. The number of nitrogens with zero attached hydrogens (tertiary/aromatic N) is 2. The monoisotopic (exact) mass is 581 g/mol. The lowest BCUT2D eigenvalue weighted by atomic mass is 9.95. The molecule has 3 aromatic rings. The van der Waals surface area contributed by atoms with E-state index in [1.807, 2.05) is 6.07 Å². The SMILES string of the molecule is COc1cn(C(C[C@@H]2COCCO2)C(=O)Nc2ccc(C(=O)O)cc2)c(=O)cc1-c1cc(Cl)ccc1C1=NOCC1. The molecule has 2 N–H and O–H groups in total. The Hall–Kier alpha value is -4.19. The van der Waals surface area contributed by atoms with Crippen molar-refractivity contribution in [2.24, 2.45) is 5.16 Å². The molecule has 12 heteroatoms. The van der Waals surface area contributed by atoms with Gasteiger partial charge in [-0.1, -0.05) is 22.8 Å². The number of carbonyl (C=O) groups excluding carboxylic acids is 1. The predicted molar refractivity (Wildman–Crippen MR) is 151 cm³/mol. The first-order chi connectivity index (χ1) is 19.8. The minimum Gasteiger partial charge on any atom is -0.495 e. The minimum atomic E-state index is -1.08. The molecule has 1 aromatic heterocycles. The Labute approximate surface area is 240 Å². The number of pyridine rings is 1. The fourth-order valence-corrected chi connectivity index (χ4v) is 4.99. The van der Waals surface area contributed by atoms with Gasteiger partial charge in [0.1, 0.15) is 18.4 Å². The second kappa shape index (κ2) is 12.5. The number of carboxylic acids is 1. The summed E-state index contributed by atoms with van der Waals surface area (Å²) in [6.45, 7) is 1.55. The Morgan fingerprint density at radius 3 is 2.59 bits per heavy atom. The molecule has 0 spiro atoms. The van der Waals surface area contributed by atoms with Crippen LogP contribution in [0.15, 0.2) is 64.7 Å². The van der Waals surface area contributed by atoms with E-state index in [0.29, 0.717) is 53.8 Å². The highest BCUT2D eigenvalue weighted by atomic mass is 35.5. The zero-order valence-electron chi connectivity index (χ0n) is 22.2. The Bertz CT molecular complexity index is 1530. The number of hydrogen-bond donors (Lipinski definition) is 2. The van der Waals surface area contributed by atoms with E-state index in [1.165, 1.54) is 48.2 Å². The predicted octanol–water partition coefficient (Wildman–Crippen LogP) is 3.99. The summed E-state index contributed by atoms with van der Waals surface area (Å²) in [5.74, 6) is -1.22. The summed E-state index contributed by atoms with van der Waals surface area (Å²) in [6, 6.07) is 11.5. The number of hydrogen-bond acceptors (Lipinski definition) is 8. The van der Waals surface area contributed by atoms with Crippen LogP contribution in [0.25, 0.3) is 11.1 Å². The van der Waals surface area contributed by atoms with Gasteiger partial charge in [-0.3, -0.25) is 14.2 Å². The van der Waals surface area contributed by atoms with Crippen LogP contribution < -0.4 is 15.6 Å². The van der Waals surface area contributed by atoms with E-state index in [4.69, 9.17) is 30.6 Å². The molecule has 0 radical (unpaired) electrons. The highest BCUT2D eigenvalue weighted by molar-refractivity contribution is 6.31. The summed E-state index contributed by atoms with van der Waals surface area (Å²) in [6.07, 6.45) is 1.83. The molecule has 0 bridgehead atoms. The Morgan fingerprint density at radius 1 is 1.12 bits per heavy atom. The van der Waals surface area contributed by atoms with Crippen molar-refractivity contribution in [1.29, 1.82) is 0 Å². The highest BCUT2D eigenvalue weighted by Crippen LogP contribution is 2.35. The zero-order valence-corrected chi connectivity index (χ0v) is 22.9. The van der Waals surface area contributed by atoms with E-state index in [0.717, 1.165) is 11.3 Å². The molecule has 2 aliphatic heterocycles. The van der Waals surface area contributed by atoms with Crippen molar-refractivity contribution >= 4 is 34.9 Å². The van der Waals surface area contributed by atoms with E-state index in [9.17, 15) is 19.5 Å². The molecule has 5 rings (SSSR count). The molecule has 214 valence electrons. The smallest absolute Gasteiger partial charge is 0.335 e. The molecular formula is C29H28ClN3O8. The second-order valence-corrected chi connectivity index (χ2v) is 9.94. The van der Waals surface area contributed by atoms with Gasteiger partial charge in [0.2, 0.25) is 5.91 Å². The Kier molecular flexibility index (Phi) is 8.67. The normalized spacial score (nSPS) is 17.3. The summed E-state index contributed by atoms with van der Waals surface area (Å²) in [4.78, 5) is 43.7. The average Bonchev–Trinajstić information content (AvgIpc) is 3.51. The van der Waals surface area contributed by atoms with Crippen LogP contribution in [0.5, 0.6) is 5.75 Å². The number of oxime groups is 1. The number of rotatable bonds is 9. The van der Waals surface area contributed by atoms with Gasteiger partial charge >= 0.3 is 5.97 Å². The van der Waals surface area contributed by atoms with E-state index >= 15 is 0 Å². The van der Waals surface area contributed by atoms with Gasteiger partial charge in [-0.15, -0.1) is 0 Å². The molecule has 1 unspecified atom stereocenters. The molecule has 2 aliphatic rings. The third kappa shape index (κ3) is 6.43. The van der Waals surface area contributed by atoms with Crippen molar-refractivity contribution in [2.45, 2.75) is 25.0 Å². The molecule has 2 aromatic carbocycles. The number of aromatic carboxylic acids is 1. The topological polar surface area (TPSA) is 138 Å². The van der Waals surface area contributed by atoms with Crippen molar-refractivity contribution in [2.75, 3.05) is 38.9 Å². The zero-order chi connectivity index (χ0) is 28.9. The Balaban J connectivity index is 1.53. The number of carboxylic acid groups (broad SMARTS) is 1. The third-order valence-electron chi connectivity index (χ3n) is 6.86. The molecule has 2 atom stereocenters. The van der Waals surface area contributed by atoms with Gasteiger partial charge in [-0.2, -0.15) is 0 Å². The first kappa shape index (κ1) is 28.3. The number of nitrogens with one attached hydrogen (secondary N) is 1. The number of amides is 1. The third-order valence-corrected chi connectivity index (χ3v) is 7.10. The van der Waals surface area contributed by atoms with Crippen LogP contribution >= 0.6 is 11.6 Å². The Morgan fingerprint density at radius 2 is 1.93 bits per heavy atom. The standard InChI is InChI=1S/C29H28ClN3O8/c1-38-26-15-33(27(34)14-23(26)22-12-18(30)4-7-21(22)24-8-9-41-32-24)25(13-20-16-39-10-11-40-20)28(35)31-19-5-2-17(3-6-19)29(36)37/h2-7,12,14-15,20,25H,8-11,13,16H2,1H3,(H,31,35)(H,36,37)/t20-,25?/m1/s1. The lowest BCUT2D eigenvalue weighted by Gasteiger charge is -2.28. The number of benzene rings is 2. The van der Waals surface area contributed by atoms with Gasteiger partial charge in [0.25, 0.3) is 5.56 Å². The molecule has 1 fully saturated rings. The van der Waals surface area contributed by atoms with Crippen molar-refractivity contribution in [3.63, 3.8) is 0 Å². The molecule has 0 aliphatic carbocycles. The quantitative estimate of drug-likeness (QED) is 0.387. The van der Waals surface area contributed by atoms with Crippen LogP contribution in [0.3, 0.4) is 0 Å². The average molecular weight is 582 g/mol. The van der Waals surface area contributed by atoms with Crippen molar-refractivity contribution in [3.8, 4) is 16.9 Å². The summed E-state index contributed by atoms with van der Waals surface area (Å²) in [7, 11) is 1.48. The van der Waals surface area contributed by atoms with Gasteiger partial charge in [-0.05, 0) is 42.0 Å². The molecular weight excluding hydrogens is 554 g/mol. The van der Waals surface area contributed by atoms with Gasteiger partial charge in [-0.25, -0.2) is 4.79 Å². The number of aromatic nitrogens is 1. The minimum absolute atomic E-state index is 0.0827. The molecule has 41 heavy (non-hydrogen) atoms. The van der Waals surface area contributed by atoms with Crippen LogP contribution in [0.4, 0.5) is 5.69 Å². The lowest BCUT2D eigenvalue weighted by Crippen LogP contribution is -2.38. The number of halogens is 1. The van der Waals surface area contributed by atoms with Gasteiger partial charge in [0, 0.05) is 40.7 Å². The van der Waals surface area contributed by atoms with E-state index in [1.54, 1.807) is 12.1 Å². The summed E-state index contributed by atoms with van der Waals surface area (Å²) < 4.78 is 18.3. The molecule has 1 saturated heterocycles. The van der Waals surface area contributed by atoms with Crippen molar-refractivity contribution in [3.05, 3.63) is 81.2 Å². The van der Waals surface area contributed by atoms with E-state index < -0.39 is 29.6 Å². The van der Waals surface area contributed by atoms with Crippen LogP contribution in [0.1, 0.15) is 34.8 Å². The van der Waals surface area contributed by atoms with Crippen LogP contribution in [-0.2, 0) is 19.1 Å². The van der Waals surface area contributed by atoms with Crippen LogP contribution in [0.2, 0.25) is 5.02 Å². The number of anilines is 1. The summed E-state index contributed by atoms with van der Waals surface area (Å²) >= 11 is 6.34. The fourth-order valence-electron chi connectivity index (χ4n) is 4.82. The van der Waals surface area contributed by atoms with Gasteiger partial charge in [0.05, 0.1) is 50.5 Å². The first-order valence-corrected chi connectivity index (χ1v) is 13.3. The summed E-state index contributed by atoms with van der Waals surface area (Å²) in [5, 5.41) is 16.6. The van der Waals surface area contributed by atoms with Crippen molar-refractivity contribution < 1.29 is 33.7 Å². The van der Waals surface area contributed by atoms with Crippen LogP contribution in [0, 0.1) is 0 Å². The van der Waals surface area contributed by atoms with Gasteiger partial charge < -0.3 is 29.5 Å². The van der Waals surface area contributed by atoms with E-state index in [-0.39, 0.29) is 18.6 Å². The summed E-state index contributed by atoms with van der Waals surface area (Å²) in [5.41, 5.74) is 2.63. The highest BCUT2D eigenvalue weighted by Gasteiger charge is 2.29. The van der Waals surface area contributed by atoms with Crippen LogP contribution in [-0.4, -0.2) is 66.9 Å². The van der Waals surface area contributed by atoms with Crippen molar-refractivity contribution in [1.82, 2.24) is 4.57 Å². The maximum atomic E-state index is 13.7. The maximum Gasteiger partial charge on any atom is 0.335 e. The van der Waals surface area contributed by atoms with Gasteiger partial charge in [0.15, 0.2) is 0 Å². The van der Waals surface area contributed by atoms with E-state index in [2.05, 4.69) is 10.5 Å². The number of ether oxygens (including phenoxy) is 3. The lowest BCUT2D eigenvalue weighted by molar-refractivity contribution is -0.124. The molecule has 11 nitrogen and oxygen atoms in total. The first-order valence-electron chi connectivity index (χ1n) is 13.0.